The number of nitrogens with zero attached hydrogens (tertiary/aromatic N) is 3. The van der Waals surface area contributed by atoms with Crippen molar-refractivity contribution in [2.75, 3.05) is 25.5 Å². The van der Waals surface area contributed by atoms with Crippen molar-refractivity contribution >= 4 is 38.6 Å². The number of carboxylic acid groups (broad SMARTS) is 1. The maximum absolute atomic E-state index is 13.4. The van der Waals surface area contributed by atoms with Gasteiger partial charge >= 0.3 is 5.97 Å². The molecule has 0 saturated heterocycles. The molecule has 12 heteroatoms. The van der Waals surface area contributed by atoms with Crippen LogP contribution in [-0.2, 0) is 21.2 Å². The Labute approximate surface area is 239 Å². The summed E-state index contributed by atoms with van der Waals surface area (Å²) >= 11 is 0. The number of rotatable bonds is 12. The molecule has 2 aromatic heterocycles. The van der Waals surface area contributed by atoms with Crippen LogP contribution in [0.1, 0.15) is 39.2 Å². The minimum Gasteiger partial charge on any atom is -0.480 e. The van der Waals surface area contributed by atoms with Crippen molar-refractivity contribution in [1.29, 1.82) is 0 Å². The van der Waals surface area contributed by atoms with Gasteiger partial charge in [0.15, 0.2) is 0 Å². The molecule has 0 aliphatic heterocycles. The Morgan fingerprint density at radius 1 is 1.07 bits per heavy atom. The number of amides is 1. The summed E-state index contributed by atoms with van der Waals surface area (Å²) in [7, 11) is -2.74. The van der Waals surface area contributed by atoms with Crippen LogP contribution in [0.5, 0.6) is 0 Å². The largest absolute Gasteiger partial charge is 0.480 e. The van der Waals surface area contributed by atoms with Crippen molar-refractivity contribution in [1.82, 2.24) is 24.8 Å². The first-order valence-electron chi connectivity index (χ1n) is 13.2. The van der Waals surface area contributed by atoms with Crippen LogP contribution in [0.15, 0.2) is 59.6 Å². The Hall–Kier alpha value is -4.29. The fraction of sp³-hybridized carbons (Fsp3) is 0.310. The lowest BCUT2D eigenvalue weighted by Crippen LogP contribution is -2.49. The van der Waals surface area contributed by atoms with Crippen LogP contribution in [0.3, 0.4) is 0 Å². The predicted molar refractivity (Wildman–Crippen MR) is 157 cm³/mol. The number of nitrogens with one attached hydrogen (secondary N) is 3. The number of aliphatic carboxylic acids is 1. The van der Waals surface area contributed by atoms with Crippen molar-refractivity contribution in [2.24, 2.45) is 0 Å². The number of aromatic amines is 1. The number of benzene rings is 2. The quantitative estimate of drug-likeness (QED) is 0.186. The molecule has 0 aliphatic rings. The van der Waals surface area contributed by atoms with Crippen LogP contribution in [0.25, 0.3) is 10.9 Å². The summed E-state index contributed by atoms with van der Waals surface area (Å²) in [5.74, 6) is -1.07. The van der Waals surface area contributed by atoms with E-state index in [-0.39, 0.29) is 17.0 Å². The number of sulfonamides is 1. The number of carbonyl (C=O) groups is 2. The average Bonchev–Trinajstić information content (AvgIpc) is 3.33. The third-order valence-corrected chi connectivity index (χ3v) is 8.52. The molecule has 0 saturated carbocycles. The SMILES string of the molecule is Cc1cc(C)c(S(=O)(=O)NC(CN(C)C(=O)c2cccc3c(CCCNc4ccccn4)[nH]nc23)C(=O)O)c(C)c1. The Kier molecular flexibility index (Phi) is 9.04. The number of hydrogen-bond acceptors (Lipinski definition) is 7. The molecule has 1 amide bonds. The van der Waals surface area contributed by atoms with Gasteiger partial charge in [0, 0.05) is 37.4 Å². The lowest BCUT2D eigenvalue weighted by Gasteiger charge is -2.23. The molecule has 4 rings (SSSR count). The molecule has 4 N–H and O–H groups in total. The molecule has 1 atom stereocenters. The first-order valence-corrected chi connectivity index (χ1v) is 14.7. The molecular weight excluding hydrogens is 544 g/mol. The Bertz CT molecular complexity index is 1650. The first-order chi connectivity index (χ1) is 19.5. The van der Waals surface area contributed by atoms with E-state index in [9.17, 15) is 23.1 Å². The van der Waals surface area contributed by atoms with Crippen molar-refractivity contribution in [3.63, 3.8) is 0 Å². The molecule has 0 aliphatic carbocycles. The highest BCUT2D eigenvalue weighted by Gasteiger charge is 2.30. The van der Waals surface area contributed by atoms with Gasteiger partial charge in [-0.05, 0) is 62.9 Å². The Morgan fingerprint density at radius 2 is 1.80 bits per heavy atom. The van der Waals surface area contributed by atoms with E-state index in [0.29, 0.717) is 29.6 Å². The third kappa shape index (κ3) is 6.90. The highest BCUT2D eigenvalue weighted by atomic mass is 32.2. The minimum atomic E-state index is -4.17. The van der Waals surface area contributed by atoms with Gasteiger partial charge < -0.3 is 15.3 Å². The first kappa shape index (κ1) is 29.7. The fourth-order valence-corrected chi connectivity index (χ4v) is 6.60. The summed E-state index contributed by atoms with van der Waals surface area (Å²) in [6, 6.07) is 12.8. The third-order valence-electron chi connectivity index (χ3n) is 6.74. The van der Waals surface area contributed by atoms with Crippen molar-refractivity contribution < 1.29 is 23.1 Å². The number of aromatic nitrogens is 3. The summed E-state index contributed by atoms with van der Waals surface area (Å²) < 4.78 is 28.7. The van der Waals surface area contributed by atoms with Crippen LogP contribution < -0.4 is 10.0 Å². The molecule has 1 unspecified atom stereocenters. The van der Waals surface area contributed by atoms with Crippen LogP contribution in [-0.4, -0.2) is 71.7 Å². The van der Waals surface area contributed by atoms with E-state index in [1.54, 1.807) is 44.3 Å². The molecular formula is C29H34N6O5S. The molecule has 41 heavy (non-hydrogen) atoms. The molecule has 0 fully saturated rings. The Morgan fingerprint density at radius 3 is 2.46 bits per heavy atom. The molecule has 0 radical (unpaired) electrons. The van der Waals surface area contributed by atoms with Gasteiger partial charge in [-0.2, -0.15) is 9.82 Å². The highest BCUT2D eigenvalue weighted by molar-refractivity contribution is 7.89. The average molecular weight is 579 g/mol. The summed E-state index contributed by atoms with van der Waals surface area (Å²) in [5.41, 5.74) is 3.55. The molecule has 216 valence electrons. The predicted octanol–water partition coefficient (Wildman–Crippen LogP) is 3.43. The van der Waals surface area contributed by atoms with Gasteiger partial charge in [-0.15, -0.1) is 0 Å². The highest BCUT2D eigenvalue weighted by Crippen LogP contribution is 2.24. The Balaban J connectivity index is 1.46. The standard InChI is InChI=1S/C29H34N6O5S/c1-18-15-19(2)27(20(3)16-18)41(39,40)34-24(29(37)38)17-35(4)28(36)22-10-7-9-21-23(32-33-26(21)22)11-8-14-31-25-12-5-6-13-30-25/h5-7,9-10,12-13,15-16,24,34H,8,11,14,17H2,1-4H3,(H,30,31)(H,32,33)(H,37,38). The van der Waals surface area contributed by atoms with Gasteiger partial charge in [0.05, 0.1) is 10.5 Å². The second kappa shape index (κ2) is 12.5. The van der Waals surface area contributed by atoms with Gasteiger partial charge in [-0.1, -0.05) is 35.9 Å². The van der Waals surface area contributed by atoms with Gasteiger partial charge in [-0.3, -0.25) is 14.7 Å². The van der Waals surface area contributed by atoms with E-state index < -0.39 is 27.9 Å². The topological polar surface area (TPSA) is 157 Å². The van der Waals surface area contributed by atoms with Crippen LogP contribution in [0, 0.1) is 20.8 Å². The van der Waals surface area contributed by atoms with Gasteiger partial charge in [0.2, 0.25) is 10.0 Å². The van der Waals surface area contributed by atoms with Crippen molar-refractivity contribution in [3.8, 4) is 0 Å². The zero-order valence-corrected chi connectivity index (χ0v) is 24.2. The fourth-order valence-electron chi connectivity index (χ4n) is 4.97. The second-order valence-electron chi connectivity index (χ2n) is 10.1. The molecule has 0 bridgehead atoms. The van der Waals surface area contributed by atoms with Crippen LogP contribution >= 0.6 is 0 Å². The number of carboxylic acids is 1. The number of pyridine rings is 1. The smallest absolute Gasteiger partial charge is 0.323 e. The lowest BCUT2D eigenvalue weighted by molar-refractivity contribution is -0.139. The molecule has 2 heterocycles. The van der Waals surface area contributed by atoms with Crippen LogP contribution in [0.2, 0.25) is 0 Å². The van der Waals surface area contributed by atoms with E-state index in [1.807, 2.05) is 31.2 Å². The zero-order chi connectivity index (χ0) is 29.7. The van der Waals surface area contributed by atoms with Crippen molar-refractivity contribution in [2.45, 2.75) is 44.6 Å². The second-order valence-corrected chi connectivity index (χ2v) is 11.7. The zero-order valence-electron chi connectivity index (χ0n) is 23.4. The van der Waals surface area contributed by atoms with Gasteiger partial charge in [0.25, 0.3) is 5.91 Å². The van der Waals surface area contributed by atoms with E-state index in [2.05, 4.69) is 25.2 Å². The number of fused-ring (bicyclic) bond motifs is 1. The summed E-state index contributed by atoms with van der Waals surface area (Å²) in [6.07, 6.45) is 3.21. The minimum absolute atomic E-state index is 0.0346. The van der Waals surface area contributed by atoms with E-state index >= 15 is 0 Å². The maximum Gasteiger partial charge on any atom is 0.323 e. The summed E-state index contributed by atoms with van der Waals surface area (Å²) in [4.78, 5) is 30.9. The van der Waals surface area contributed by atoms with E-state index in [4.69, 9.17) is 0 Å². The lowest BCUT2D eigenvalue weighted by atomic mass is 10.1. The number of aryl methyl sites for hydroxylation is 4. The van der Waals surface area contributed by atoms with Gasteiger partial charge in [0.1, 0.15) is 17.4 Å². The monoisotopic (exact) mass is 578 g/mol. The summed E-state index contributed by atoms with van der Waals surface area (Å²) in [6.45, 7) is 5.50. The normalized spacial score (nSPS) is 12.3. The number of carbonyl (C=O) groups excluding carboxylic acids is 1. The van der Waals surface area contributed by atoms with Crippen LogP contribution in [0.4, 0.5) is 5.82 Å². The molecule has 11 nitrogen and oxygen atoms in total. The number of para-hydroxylation sites is 1. The number of likely N-dealkylation sites (N-methyl/N-ethyl adjacent to an activating group) is 1. The van der Waals surface area contributed by atoms with E-state index in [1.165, 1.54) is 11.9 Å². The molecule has 2 aromatic carbocycles. The summed E-state index contributed by atoms with van der Waals surface area (Å²) in [5, 5.41) is 21.3. The maximum atomic E-state index is 13.4. The number of H-pyrrole nitrogens is 1. The molecule has 0 spiro atoms. The molecule has 4 aromatic rings. The number of anilines is 1. The van der Waals surface area contributed by atoms with Gasteiger partial charge in [-0.25, -0.2) is 13.4 Å². The van der Waals surface area contributed by atoms with E-state index in [0.717, 1.165) is 28.9 Å². The van der Waals surface area contributed by atoms with Crippen molar-refractivity contribution in [3.05, 3.63) is 82.7 Å². The number of hydrogen-bond donors (Lipinski definition) is 4.